The van der Waals surface area contributed by atoms with E-state index in [9.17, 15) is 13.2 Å². The lowest BCUT2D eigenvalue weighted by Gasteiger charge is -2.20. The molecule has 1 fully saturated rings. The SMILES string of the molecule is CCS(=O)(=O)N1CCC[C@@H]1C(=O)OC. The van der Waals surface area contributed by atoms with Crippen LogP contribution >= 0.6 is 0 Å². The third-order valence-corrected chi connectivity index (χ3v) is 4.28. The van der Waals surface area contributed by atoms with E-state index in [1.807, 2.05) is 0 Å². The highest BCUT2D eigenvalue weighted by Crippen LogP contribution is 2.21. The Hall–Kier alpha value is -0.620. The highest BCUT2D eigenvalue weighted by atomic mass is 32.2. The zero-order valence-electron chi connectivity index (χ0n) is 8.39. The Labute approximate surface area is 84.1 Å². The van der Waals surface area contributed by atoms with Gasteiger partial charge in [-0.2, -0.15) is 4.31 Å². The maximum atomic E-state index is 11.6. The van der Waals surface area contributed by atoms with Gasteiger partial charge in [-0.05, 0) is 19.8 Å². The Bertz CT molecular complexity index is 311. The quantitative estimate of drug-likeness (QED) is 0.628. The van der Waals surface area contributed by atoms with E-state index < -0.39 is 22.0 Å². The molecule has 0 aromatic rings. The summed E-state index contributed by atoms with van der Waals surface area (Å²) in [5.74, 6) is -0.431. The first-order valence-electron chi connectivity index (χ1n) is 4.60. The molecular weight excluding hydrogens is 206 g/mol. The van der Waals surface area contributed by atoms with Crippen molar-refractivity contribution < 1.29 is 17.9 Å². The molecule has 1 atom stereocenters. The number of ether oxygens (including phenoxy) is 1. The van der Waals surface area contributed by atoms with Crippen LogP contribution in [0.4, 0.5) is 0 Å². The van der Waals surface area contributed by atoms with Gasteiger partial charge in [-0.15, -0.1) is 0 Å². The Morgan fingerprint density at radius 1 is 1.57 bits per heavy atom. The number of carbonyl (C=O) groups excluding carboxylic acids is 1. The summed E-state index contributed by atoms with van der Waals surface area (Å²) in [6.45, 7) is 2.00. The molecule has 0 spiro atoms. The average molecular weight is 221 g/mol. The van der Waals surface area contributed by atoms with Gasteiger partial charge >= 0.3 is 5.97 Å². The van der Waals surface area contributed by atoms with Gasteiger partial charge in [0, 0.05) is 6.54 Å². The van der Waals surface area contributed by atoms with Crippen LogP contribution in [0, 0.1) is 0 Å². The van der Waals surface area contributed by atoms with E-state index in [2.05, 4.69) is 4.74 Å². The number of esters is 1. The standard InChI is InChI=1S/C8H15NO4S/c1-3-14(11,12)9-6-4-5-7(9)8(10)13-2/h7H,3-6H2,1-2H3/t7-/m1/s1. The first-order valence-corrected chi connectivity index (χ1v) is 6.21. The van der Waals surface area contributed by atoms with Crippen molar-refractivity contribution in [3.8, 4) is 0 Å². The second kappa shape index (κ2) is 4.27. The molecule has 0 saturated carbocycles. The number of hydrogen-bond donors (Lipinski definition) is 0. The number of nitrogens with zero attached hydrogens (tertiary/aromatic N) is 1. The fourth-order valence-electron chi connectivity index (χ4n) is 1.61. The van der Waals surface area contributed by atoms with E-state index in [1.165, 1.54) is 11.4 Å². The molecule has 0 aromatic heterocycles. The van der Waals surface area contributed by atoms with Crippen molar-refractivity contribution in [1.82, 2.24) is 4.31 Å². The Kier molecular flexibility index (Phi) is 3.49. The van der Waals surface area contributed by atoms with Crippen LogP contribution < -0.4 is 0 Å². The van der Waals surface area contributed by atoms with E-state index in [4.69, 9.17) is 0 Å². The number of hydrogen-bond acceptors (Lipinski definition) is 4. The lowest BCUT2D eigenvalue weighted by atomic mass is 10.2. The molecule has 1 heterocycles. The van der Waals surface area contributed by atoms with Gasteiger partial charge in [0.2, 0.25) is 10.0 Å². The minimum atomic E-state index is -3.27. The molecule has 1 rings (SSSR count). The molecule has 0 unspecified atom stereocenters. The van der Waals surface area contributed by atoms with Gasteiger partial charge in [0.25, 0.3) is 0 Å². The summed E-state index contributed by atoms with van der Waals surface area (Å²) >= 11 is 0. The Morgan fingerprint density at radius 3 is 2.71 bits per heavy atom. The maximum Gasteiger partial charge on any atom is 0.324 e. The van der Waals surface area contributed by atoms with Crippen LogP contribution in [0.2, 0.25) is 0 Å². The summed E-state index contributed by atoms with van der Waals surface area (Å²) in [6.07, 6.45) is 1.28. The van der Waals surface area contributed by atoms with Gasteiger partial charge in [0.05, 0.1) is 12.9 Å². The highest BCUT2D eigenvalue weighted by molar-refractivity contribution is 7.89. The molecular formula is C8H15NO4S. The van der Waals surface area contributed by atoms with Crippen molar-refractivity contribution in [2.24, 2.45) is 0 Å². The molecule has 82 valence electrons. The van der Waals surface area contributed by atoms with Crippen LogP contribution in [-0.2, 0) is 19.6 Å². The fourth-order valence-corrected chi connectivity index (χ4v) is 2.93. The van der Waals surface area contributed by atoms with Gasteiger partial charge in [0.15, 0.2) is 0 Å². The number of sulfonamides is 1. The van der Waals surface area contributed by atoms with E-state index in [1.54, 1.807) is 6.92 Å². The molecule has 0 N–H and O–H groups in total. The zero-order valence-corrected chi connectivity index (χ0v) is 9.21. The molecule has 14 heavy (non-hydrogen) atoms. The lowest BCUT2D eigenvalue weighted by Crippen LogP contribution is -2.41. The smallest absolute Gasteiger partial charge is 0.324 e. The summed E-state index contributed by atoms with van der Waals surface area (Å²) in [5.41, 5.74) is 0. The zero-order chi connectivity index (χ0) is 10.8. The van der Waals surface area contributed by atoms with E-state index in [-0.39, 0.29) is 5.75 Å². The third kappa shape index (κ3) is 2.06. The molecule has 6 heteroatoms. The number of rotatable bonds is 3. The van der Waals surface area contributed by atoms with E-state index in [0.717, 1.165) is 6.42 Å². The summed E-state index contributed by atoms with van der Waals surface area (Å²) in [5, 5.41) is 0. The number of carbonyl (C=O) groups is 1. The first-order chi connectivity index (χ1) is 6.53. The van der Waals surface area contributed by atoms with Gasteiger partial charge in [-0.3, -0.25) is 4.79 Å². The summed E-state index contributed by atoms with van der Waals surface area (Å²) < 4.78 is 28.9. The maximum absolute atomic E-state index is 11.6. The van der Waals surface area contributed by atoms with Gasteiger partial charge in [-0.25, -0.2) is 8.42 Å². The molecule has 0 radical (unpaired) electrons. The highest BCUT2D eigenvalue weighted by Gasteiger charge is 2.38. The van der Waals surface area contributed by atoms with Crippen LogP contribution in [0.1, 0.15) is 19.8 Å². The van der Waals surface area contributed by atoms with Crippen LogP contribution in [0.25, 0.3) is 0 Å². The van der Waals surface area contributed by atoms with E-state index >= 15 is 0 Å². The lowest BCUT2D eigenvalue weighted by molar-refractivity contribution is -0.144. The first kappa shape index (κ1) is 11.5. The largest absolute Gasteiger partial charge is 0.468 e. The monoisotopic (exact) mass is 221 g/mol. The van der Waals surface area contributed by atoms with Crippen LogP contribution in [0.5, 0.6) is 0 Å². The summed E-state index contributed by atoms with van der Waals surface area (Å²) in [7, 11) is -1.99. The van der Waals surface area contributed by atoms with Crippen molar-refractivity contribution in [3.05, 3.63) is 0 Å². The molecule has 1 aliphatic heterocycles. The molecule has 0 amide bonds. The van der Waals surface area contributed by atoms with Gasteiger partial charge < -0.3 is 4.74 Å². The minimum Gasteiger partial charge on any atom is -0.468 e. The van der Waals surface area contributed by atoms with Crippen LogP contribution in [0.15, 0.2) is 0 Å². The Balaban J connectivity index is 2.84. The Morgan fingerprint density at radius 2 is 2.21 bits per heavy atom. The average Bonchev–Trinajstić information content (AvgIpc) is 2.65. The second-order valence-corrected chi connectivity index (χ2v) is 5.40. The topological polar surface area (TPSA) is 63.7 Å². The second-order valence-electron chi connectivity index (χ2n) is 3.19. The third-order valence-electron chi connectivity index (χ3n) is 2.40. The van der Waals surface area contributed by atoms with Crippen molar-refractivity contribution in [3.63, 3.8) is 0 Å². The molecule has 5 nitrogen and oxygen atoms in total. The molecule has 0 aromatic carbocycles. The minimum absolute atomic E-state index is 0.0283. The van der Waals surface area contributed by atoms with Crippen molar-refractivity contribution in [2.75, 3.05) is 19.4 Å². The van der Waals surface area contributed by atoms with Crippen molar-refractivity contribution >= 4 is 16.0 Å². The predicted octanol–water partition coefficient (Wildman–Crippen LogP) is -0.0265. The van der Waals surface area contributed by atoms with Crippen molar-refractivity contribution in [1.29, 1.82) is 0 Å². The summed E-state index contributed by atoms with van der Waals surface area (Å²) in [4.78, 5) is 11.3. The van der Waals surface area contributed by atoms with Crippen LogP contribution in [0.3, 0.4) is 0 Å². The normalized spacial score (nSPS) is 23.7. The fraction of sp³-hybridized carbons (Fsp3) is 0.875. The molecule has 1 saturated heterocycles. The van der Waals surface area contributed by atoms with Gasteiger partial charge in [0.1, 0.15) is 6.04 Å². The van der Waals surface area contributed by atoms with E-state index in [0.29, 0.717) is 13.0 Å². The van der Waals surface area contributed by atoms with Crippen LogP contribution in [-0.4, -0.2) is 44.1 Å². The number of methoxy groups -OCH3 is 1. The molecule has 0 bridgehead atoms. The van der Waals surface area contributed by atoms with Gasteiger partial charge in [-0.1, -0.05) is 0 Å². The molecule has 1 aliphatic rings. The molecule has 0 aliphatic carbocycles. The van der Waals surface area contributed by atoms with Crippen molar-refractivity contribution in [2.45, 2.75) is 25.8 Å². The summed E-state index contributed by atoms with van der Waals surface area (Å²) in [6, 6.07) is -0.607. The predicted molar refractivity (Wildman–Crippen MR) is 51.2 cm³/mol.